The van der Waals surface area contributed by atoms with Gasteiger partial charge in [-0.3, -0.25) is 24.0 Å². The van der Waals surface area contributed by atoms with Crippen LogP contribution in [0.25, 0.3) is 0 Å². The van der Waals surface area contributed by atoms with Gasteiger partial charge in [-0.25, -0.2) is 9.97 Å². The molecular formula is C19H27N9O6. The molecule has 15 nitrogen and oxygen atoms in total. The van der Waals surface area contributed by atoms with Gasteiger partial charge in [-0.05, 0) is 6.42 Å². The van der Waals surface area contributed by atoms with Crippen LogP contribution in [0.2, 0.25) is 0 Å². The molecule has 4 amide bonds. The minimum Gasteiger partial charge on any atom is -0.480 e. The van der Waals surface area contributed by atoms with E-state index in [2.05, 4.69) is 35.9 Å². The van der Waals surface area contributed by atoms with E-state index in [0.717, 1.165) is 0 Å². The summed E-state index contributed by atoms with van der Waals surface area (Å²) < 4.78 is 0. The minimum atomic E-state index is -1.27. The molecule has 0 bridgehead atoms. The number of aliphatic carboxylic acids is 1. The number of carbonyl (C=O) groups excluding carboxylic acids is 4. The molecule has 2 heterocycles. The molecule has 0 spiro atoms. The van der Waals surface area contributed by atoms with Gasteiger partial charge in [0.2, 0.25) is 23.6 Å². The number of primary amides is 1. The van der Waals surface area contributed by atoms with Crippen molar-refractivity contribution in [3.8, 4) is 0 Å². The molecule has 3 unspecified atom stereocenters. The Kier molecular flexibility index (Phi) is 9.70. The molecule has 2 aromatic heterocycles. The van der Waals surface area contributed by atoms with E-state index >= 15 is 0 Å². The molecule has 184 valence electrons. The monoisotopic (exact) mass is 477 g/mol. The average Bonchev–Trinajstić information content (AvgIpc) is 3.48. The molecule has 0 aromatic carbocycles. The Morgan fingerprint density at radius 2 is 1.50 bits per heavy atom. The van der Waals surface area contributed by atoms with Gasteiger partial charge in [-0.1, -0.05) is 0 Å². The Balaban J connectivity index is 2.10. The van der Waals surface area contributed by atoms with E-state index in [1.807, 2.05) is 0 Å². The second-order valence-electron chi connectivity index (χ2n) is 7.41. The molecule has 0 saturated heterocycles. The molecule has 10 N–H and O–H groups in total. The lowest BCUT2D eigenvalue weighted by molar-refractivity contribution is -0.138. The lowest BCUT2D eigenvalue weighted by Crippen LogP contribution is -2.57. The highest BCUT2D eigenvalue weighted by molar-refractivity contribution is 5.94. The van der Waals surface area contributed by atoms with Crippen LogP contribution in [-0.4, -0.2) is 79.3 Å². The number of nitrogens with zero attached hydrogens (tertiary/aromatic N) is 2. The lowest BCUT2D eigenvalue weighted by atomic mass is 10.1. The molecule has 2 rings (SSSR count). The number of aromatic amines is 2. The number of hydrogen-bond acceptors (Lipinski definition) is 8. The molecule has 15 heteroatoms. The summed E-state index contributed by atoms with van der Waals surface area (Å²) in [4.78, 5) is 73.3. The second-order valence-corrected chi connectivity index (χ2v) is 7.41. The highest BCUT2D eigenvalue weighted by Crippen LogP contribution is 2.04. The number of carbonyl (C=O) groups is 5. The van der Waals surface area contributed by atoms with E-state index in [1.54, 1.807) is 0 Å². The largest absolute Gasteiger partial charge is 0.480 e. The van der Waals surface area contributed by atoms with E-state index in [9.17, 15) is 24.0 Å². The van der Waals surface area contributed by atoms with Crippen LogP contribution in [0.5, 0.6) is 0 Å². The molecule has 0 aliphatic heterocycles. The third-order valence-corrected chi connectivity index (χ3v) is 4.67. The van der Waals surface area contributed by atoms with Crippen LogP contribution in [-0.2, 0) is 36.8 Å². The van der Waals surface area contributed by atoms with E-state index in [1.165, 1.54) is 25.0 Å². The van der Waals surface area contributed by atoms with Gasteiger partial charge in [0.1, 0.15) is 18.6 Å². The third kappa shape index (κ3) is 8.70. The van der Waals surface area contributed by atoms with Gasteiger partial charge < -0.3 is 42.5 Å². The number of hydrogen-bond donors (Lipinski definition) is 8. The zero-order chi connectivity index (χ0) is 25.1. The number of aromatic nitrogens is 4. The quantitative estimate of drug-likeness (QED) is 0.135. The maximum atomic E-state index is 13.0. The molecule has 34 heavy (non-hydrogen) atoms. The predicted octanol–water partition coefficient (Wildman–Crippen LogP) is -3.32. The number of amides is 4. The summed E-state index contributed by atoms with van der Waals surface area (Å²) in [7, 11) is 0. The van der Waals surface area contributed by atoms with Crippen LogP contribution in [0.1, 0.15) is 24.2 Å². The van der Waals surface area contributed by atoms with Crippen molar-refractivity contribution in [3.05, 3.63) is 36.4 Å². The van der Waals surface area contributed by atoms with Gasteiger partial charge in [0.15, 0.2) is 0 Å². The normalized spacial score (nSPS) is 13.3. The van der Waals surface area contributed by atoms with Crippen molar-refractivity contribution in [3.63, 3.8) is 0 Å². The van der Waals surface area contributed by atoms with E-state index in [4.69, 9.17) is 16.6 Å². The molecule has 2 aromatic rings. The number of nitrogens with two attached hydrogens (primary N) is 2. The summed E-state index contributed by atoms with van der Waals surface area (Å²) in [6.45, 7) is -0.654. The molecule has 0 aliphatic carbocycles. The van der Waals surface area contributed by atoms with Crippen molar-refractivity contribution < 1.29 is 29.1 Å². The predicted molar refractivity (Wildman–Crippen MR) is 115 cm³/mol. The van der Waals surface area contributed by atoms with Gasteiger partial charge in [-0.15, -0.1) is 0 Å². The average molecular weight is 477 g/mol. The number of carboxylic acids is 1. The second kappa shape index (κ2) is 12.7. The number of rotatable bonds is 14. The van der Waals surface area contributed by atoms with Crippen molar-refractivity contribution >= 4 is 29.6 Å². The van der Waals surface area contributed by atoms with Crippen LogP contribution >= 0.6 is 0 Å². The van der Waals surface area contributed by atoms with E-state index in [0.29, 0.717) is 11.4 Å². The molecular weight excluding hydrogens is 450 g/mol. The lowest BCUT2D eigenvalue weighted by Gasteiger charge is -2.23. The van der Waals surface area contributed by atoms with Crippen molar-refractivity contribution in [2.24, 2.45) is 11.5 Å². The Labute approximate surface area is 193 Å². The Morgan fingerprint density at radius 1 is 0.912 bits per heavy atom. The van der Waals surface area contributed by atoms with E-state index < -0.39 is 54.3 Å². The fourth-order valence-corrected chi connectivity index (χ4v) is 2.94. The summed E-state index contributed by atoms with van der Waals surface area (Å²) in [6.07, 6.45) is 5.47. The van der Waals surface area contributed by atoms with Gasteiger partial charge in [0.05, 0.1) is 18.7 Å². The Bertz CT molecular complexity index is 977. The van der Waals surface area contributed by atoms with Gasteiger partial charge in [0, 0.05) is 43.0 Å². The van der Waals surface area contributed by atoms with Crippen molar-refractivity contribution in [2.45, 2.75) is 43.8 Å². The zero-order valence-electron chi connectivity index (χ0n) is 18.1. The smallest absolute Gasteiger partial charge is 0.322 e. The minimum absolute atomic E-state index is 0.0347. The maximum absolute atomic E-state index is 13.0. The number of nitrogens with one attached hydrogen (secondary N) is 5. The molecule has 3 atom stereocenters. The van der Waals surface area contributed by atoms with Crippen molar-refractivity contribution in [2.75, 3.05) is 6.54 Å². The summed E-state index contributed by atoms with van der Waals surface area (Å²) >= 11 is 0. The standard InChI is InChI=1S/C19H27N9O6/c20-12(3-10-5-22-8-25-10)17(32)27-13(1-2-15(21)29)19(34)28-14(4-11-6-23-9-26-11)18(33)24-7-16(30)31/h5-6,8-9,12-14H,1-4,7,20H2,(H2,21,29)(H,22,25)(H,23,26)(H,24,33)(H,27,32)(H,28,34)(H,30,31). The first-order valence-electron chi connectivity index (χ1n) is 10.2. The van der Waals surface area contributed by atoms with Crippen LogP contribution in [0.4, 0.5) is 0 Å². The van der Waals surface area contributed by atoms with Crippen molar-refractivity contribution in [1.29, 1.82) is 0 Å². The molecule has 0 radical (unpaired) electrons. The highest BCUT2D eigenvalue weighted by atomic mass is 16.4. The summed E-state index contributed by atoms with van der Waals surface area (Å²) in [5, 5.41) is 16.0. The van der Waals surface area contributed by atoms with E-state index in [-0.39, 0.29) is 25.7 Å². The zero-order valence-corrected chi connectivity index (χ0v) is 18.1. The Morgan fingerprint density at radius 3 is 2.03 bits per heavy atom. The van der Waals surface area contributed by atoms with Crippen LogP contribution in [0.15, 0.2) is 25.0 Å². The fraction of sp³-hybridized carbons (Fsp3) is 0.421. The number of imidazole rings is 2. The summed E-state index contributed by atoms with van der Waals surface area (Å²) in [5.74, 6) is -4.17. The Hall–Kier alpha value is -4.27. The topological polar surface area (TPSA) is 251 Å². The van der Waals surface area contributed by atoms with Crippen LogP contribution in [0, 0.1) is 0 Å². The highest BCUT2D eigenvalue weighted by Gasteiger charge is 2.29. The first-order valence-corrected chi connectivity index (χ1v) is 10.2. The van der Waals surface area contributed by atoms with Crippen LogP contribution in [0.3, 0.4) is 0 Å². The molecule has 0 fully saturated rings. The molecule has 0 saturated carbocycles. The third-order valence-electron chi connectivity index (χ3n) is 4.67. The number of H-pyrrole nitrogens is 2. The maximum Gasteiger partial charge on any atom is 0.322 e. The van der Waals surface area contributed by atoms with Gasteiger partial charge in [0.25, 0.3) is 0 Å². The number of carboxylic acid groups (broad SMARTS) is 1. The van der Waals surface area contributed by atoms with Gasteiger partial charge >= 0.3 is 5.97 Å². The summed E-state index contributed by atoms with van der Waals surface area (Å²) in [6, 6.07) is -3.45. The SMILES string of the molecule is NC(=O)CCC(NC(=O)C(N)Cc1cnc[nH]1)C(=O)NC(Cc1cnc[nH]1)C(=O)NCC(=O)O. The molecule has 0 aliphatic rings. The first-order chi connectivity index (χ1) is 16.2. The first kappa shape index (κ1) is 26.0. The van der Waals surface area contributed by atoms with Crippen molar-refractivity contribution in [1.82, 2.24) is 35.9 Å². The van der Waals surface area contributed by atoms with Gasteiger partial charge in [-0.2, -0.15) is 0 Å². The summed E-state index contributed by atoms with van der Waals surface area (Å²) in [5.41, 5.74) is 12.2. The van der Waals surface area contributed by atoms with Crippen LogP contribution < -0.4 is 27.4 Å². The fourth-order valence-electron chi connectivity index (χ4n) is 2.94.